The van der Waals surface area contributed by atoms with Crippen molar-refractivity contribution in [3.63, 3.8) is 0 Å². The van der Waals surface area contributed by atoms with Crippen LogP contribution in [0, 0.1) is 20.8 Å². The lowest BCUT2D eigenvalue weighted by Gasteiger charge is -2.18. The molecule has 3 amide bonds. The van der Waals surface area contributed by atoms with Crippen molar-refractivity contribution in [2.24, 2.45) is 0 Å². The summed E-state index contributed by atoms with van der Waals surface area (Å²) in [6.45, 7) is 5.62. The number of nitrogens with zero attached hydrogens (tertiary/aromatic N) is 1. The molecule has 0 bridgehead atoms. The maximum absolute atomic E-state index is 13.1. The van der Waals surface area contributed by atoms with Crippen LogP contribution in [0.15, 0.2) is 71.4 Å². The van der Waals surface area contributed by atoms with Crippen molar-refractivity contribution < 1.29 is 14.4 Å². The van der Waals surface area contributed by atoms with Crippen molar-refractivity contribution in [3.8, 4) is 0 Å². The van der Waals surface area contributed by atoms with Crippen LogP contribution in [-0.4, -0.2) is 17.7 Å². The van der Waals surface area contributed by atoms with Crippen LogP contribution in [0.25, 0.3) is 0 Å². The summed E-state index contributed by atoms with van der Waals surface area (Å²) in [5, 5.41) is 5.99. The Hall–Kier alpha value is -3.61. The summed E-state index contributed by atoms with van der Waals surface area (Å²) < 4.78 is 0. The Morgan fingerprint density at radius 2 is 1.62 bits per heavy atom. The van der Waals surface area contributed by atoms with Gasteiger partial charge in [0, 0.05) is 22.0 Å². The molecule has 0 saturated carbocycles. The van der Waals surface area contributed by atoms with Crippen LogP contribution in [0.4, 0.5) is 17.1 Å². The number of imide groups is 1. The molecule has 0 unspecified atom stereocenters. The van der Waals surface area contributed by atoms with Gasteiger partial charge in [0.15, 0.2) is 0 Å². The highest BCUT2D eigenvalue weighted by Gasteiger charge is 2.39. The monoisotopic (exact) mass is 493 g/mol. The van der Waals surface area contributed by atoms with E-state index in [1.165, 1.54) is 0 Å². The van der Waals surface area contributed by atoms with Crippen molar-refractivity contribution in [1.82, 2.24) is 0 Å². The van der Waals surface area contributed by atoms with Crippen molar-refractivity contribution in [1.29, 1.82) is 0 Å². The summed E-state index contributed by atoms with van der Waals surface area (Å²) in [7, 11) is 0. The minimum Gasteiger partial charge on any atom is -0.350 e. The van der Waals surface area contributed by atoms with Gasteiger partial charge in [0.2, 0.25) is 0 Å². The fourth-order valence-corrected chi connectivity index (χ4v) is 4.08. The standard InChI is InChI=1S/C26H21Cl2N3O3/c1-14-10-11-20(15(2)12-14)30-24(32)17-6-4-7-18(13-17)29-23-22(28)25(33)31(26(23)34)21-9-5-8-19(27)16(21)3/h4-13,29H,1-3H3,(H,30,32). The number of anilines is 3. The zero-order valence-corrected chi connectivity index (χ0v) is 20.2. The second-order valence-electron chi connectivity index (χ2n) is 8.00. The Kier molecular flexibility index (Phi) is 6.46. The average Bonchev–Trinajstić information content (AvgIpc) is 3.01. The van der Waals surface area contributed by atoms with E-state index in [1.54, 1.807) is 49.4 Å². The van der Waals surface area contributed by atoms with Gasteiger partial charge in [0.05, 0.1) is 5.69 Å². The van der Waals surface area contributed by atoms with Crippen molar-refractivity contribution in [3.05, 3.63) is 98.7 Å². The van der Waals surface area contributed by atoms with Gasteiger partial charge in [-0.1, -0.05) is 53.0 Å². The molecule has 0 radical (unpaired) electrons. The van der Waals surface area contributed by atoms with E-state index in [1.807, 2.05) is 32.0 Å². The highest BCUT2D eigenvalue weighted by Crippen LogP contribution is 2.34. The fourth-order valence-electron chi connectivity index (χ4n) is 3.70. The molecule has 0 atom stereocenters. The van der Waals surface area contributed by atoms with E-state index in [4.69, 9.17) is 23.2 Å². The third kappa shape index (κ3) is 4.42. The number of rotatable bonds is 5. The highest BCUT2D eigenvalue weighted by molar-refractivity contribution is 6.53. The van der Waals surface area contributed by atoms with Crippen LogP contribution in [0.2, 0.25) is 5.02 Å². The number of amides is 3. The summed E-state index contributed by atoms with van der Waals surface area (Å²) in [5.74, 6) is -1.56. The lowest BCUT2D eigenvalue weighted by atomic mass is 10.1. The van der Waals surface area contributed by atoms with Gasteiger partial charge in [-0.05, 0) is 68.3 Å². The highest BCUT2D eigenvalue weighted by atomic mass is 35.5. The molecule has 1 heterocycles. The molecule has 2 N–H and O–H groups in total. The van der Waals surface area contributed by atoms with Gasteiger partial charge in [-0.25, -0.2) is 4.90 Å². The molecule has 6 nitrogen and oxygen atoms in total. The van der Waals surface area contributed by atoms with Gasteiger partial charge in [-0.3, -0.25) is 14.4 Å². The van der Waals surface area contributed by atoms with Gasteiger partial charge in [-0.15, -0.1) is 0 Å². The van der Waals surface area contributed by atoms with Crippen LogP contribution >= 0.6 is 23.2 Å². The van der Waals surface area contributed by atoms with Crippen LogP contribution in [-0.2, 0) is 9.59 Å². The van der Waals surface area contributed by atoms with E-state index >= 15 is 0 Å². The van der Waals surface area contributed by atoms with Crippen molar-refractivity contribution >= 4 is 58.0 Å². The molecule has 1 aliphatic heterocycles. The van der Waals surface area contributed by atoms with Crippen LogP contribution in [0.3, 0.4) is 0 Å². The number of hydrogen-bond donors (Lipinski definition) is 2. The summed E-state index contributed by atoms with van der Waals surface area (Å²) in [6.07, 6.45) is 0. The van der Waals surface area contributed by atoms with Gasteiger partial charge in [0.25, 0.3) is 17.7 Å². The molecule has 172 valence electrons. The molecule has 0 aliphatic carbocycles. The van der Waals surface area contributed by atoms with Crippen LogP contribution in [0.1, 0.15) is 27.0 Å². The lowest BCUT2D eigenvalue weighted by molar-refractivity contribution is -0.120. The molecule has 1 aliphatic rings. The predicted octanol–water partition coefficient (Wildman–Crippen LogP) is 5.95. The topological polar surface area (TPSA) is 78.5 Å². The number of carbonyl (C=O) groups is 3. The molecule has 3 aromatic carbocycles. The summed E-state index contributed by atoms with van der Waals surface area (Å²) in [4.78, 5) is 39.7. The normalized spacial score (nSPS) is 13.5. The maximum Gasteiger partial charge on any atom is 0.283 e. The number of hydrogen-bond acceptors (Lipinski definition) is 4. The number of halogens is 2. The zero-order valence-electron chi connectivity index (χ0n) is 18.7. The summed E-state index contributed by atoms with van der Waals surface area (Å²) >= 11 is 12.4. The second kappa shape index (κ2) is 9.33. The fraction of sp³-hybridized carbons (Fsp3) is 0.115. The van der Waals surface area contributed by atoms with Crippen molar-refractivity contribution in [2.45, 2.75) is 20.8 Å². The molecule has 34 heavy (non-hydrogen) atoms. The minimum atomic E-state index is -0.650. The van der Waals surface area contributed by atoms with Crippen molar-refractivity contribution in [2.75, 3.05) is 15.5 Å². The minimum absolute atomic E-state index is 0.0713. The first-order valence-electron chi connectivity index (χ1n) is 10.5. The third-order valence-corrected chi connectivity index (χ3v) is 6.29. The Labute approximate surface area is 207 Å². The zero-order chi connectivity index (χ0) is 24.6. The van der Waals surface area contributed by atoms with E-state index in [-0.39, 0.29) is 16.6 Å². The molecule has 0 spiro atoms. The molecule has 3 aromatic rings. The van der Waals surface area contributed by atoms with Gasteiger partial charge in [0.1, 0.15) is 10.7 Å². The molecule has 0 fully saturated rings. The molecule has 0 aromatic heterocycles. The van der Waals surface area contributed by atoms with E-state index in [9.17, 15) is 14.4 Å². The molecule has 0 saturated heterocycles. The number of nitrogens with one attached hydrogen (secondary N) is 2. The molecule has 4 rings (SSSR count). The van der Waals surface area contributed by atoms with Gasteiger partial charge < -0.3 is 10.6 Å². The SMILES string of the molecule is Cc1ccc(NC(=O)c2cccc(NC3=C(Cl)C(=O)N(c4cccc(Cl)c4C)C3=O)c2)c(C)c1. The maximum atomic E-state index is 13.1. The first-order valence-corrected chi connectivity index (χ1v) is 11.2. The number of carbonyl (C=O) groups excluding carboxylic acids is 3. The van der Waals surface area contributed by atoms with E-state index < -0.39 is 11.8 Å². The third-order valence-electron chi connectivity index (χ3n) is 5.53. The summed E-state index contributed by atoms with van der Waals surface area (Å²) in [6, 6.07) is 17.3. The molecular formula is C26H21Cl2N3O3. The summed E-state index contributed by atoms with van der Waals surface area (Å²) in [5.41, 5.74) is 4.45. The number of aryl methyl sites for hydroxylation is 2. The predicted molar refractivity (Wildman–Crippen MR) is 135 cm³/mol. The molecular weight excluding hydrogens is 473 g/mol. The van der Waals surface area contributed by atoms with Crippen LogP contribution in [0.5, 0.6) is 0 Å². The Bertz CT molecular complexity index is 1380. The van der Waals surface area contributed by atoms with Gasteiger partial charge in [-0.2, -0.15) is 0 Å². The first-order chi connectivity index (χ1) is 16.2. The van der Waals surface area contributed by atoms with E-state index in [2.05, 4.69) is 10.6 Å². The van der Waals surface area contributed by atoms with E-state index in [0.29, 0.717) is 33.2 Å². The Morgan fingerprint density at radius 1 is 0.882 bits per heavy atom. The quantitative estimate of drug-likeness (QED) is 0.430. The Balaban J connectivity index is 1.56. The first kappa shape index (κ1) is 23.5. The second-order valence-corrected chi connectivity index (χ2v) is 8.78. The Morgan fingerprint density at radius 3 is 2.35 bits per heavy atom. The number of benzene rings is 3. The average molecular weight is 494 g/mol. The van der Waals surface area contributed by atoms with Gasteiger partial charge >= 0.3 is 0 Å². The lowest BCUT2D eigenvalue weighted by Crippen LogP contribution is -2.32. The smallest absolute Gasteiger partial charge is 0.283 e. The largest absolute Gasteiger partial charge is 0.350 e. The van der Waals surface area contributed by atoms with Crippen LogP contribution < -0.4 is 15.5 Å². The molecule has 8 heteroatoms. The van der Waals surface area contributed by atoms with E-state index in [0.717, 1.165) is 16.0 Å².